The predicted molar refractivity (Wildman–Crippen MR) is 86.6 cm³/mol. The van der Waals surface area contributed by atoms with Crippen LogP contribution in [0, 0.1) is 5.92 Å². The number of hydrogen-bond acceptors (Lipinski definition) is 5. The van der Waals surface area contributed by atoms with Gasteiger partial charge in [-0.1, -0.05) is 12.1 Å². The van der Waals surface area contributed by atoms with Gasteiger partial charge >= 0.3 is 5.97 Å². The first-order chi connectivity index (χ1) is 10.1. The second-order valence-electron chi connectivity index (χ2n) is 4.67. The average Bonchev–Trinajstić information content (AvgIpc) is 2.87. The van der Waals surface area contributed by atoms with Gasteiger partial charge in [0.25, 0.3) is 0 Å². The highest BCUT2D eigenvalue weighted by Gasteiger charge is 2.26. The molecule has 0 radical (unpaired) electrons. The number of aliphatic imine (C=N–C) groups is 1. The van der Waals surface area contributed by atoms with Crippen molar-refractivity contribution < 1.29 is 9.53 Å². The van der Waals surface area contributed by atoms with E-state index in [0.29, 0.717) is 17.4 Å². The summed E-state index contributed by atoms with van der Waals surface area (Å²) >= 11 is 6.47. The van der Waals surface area contributed by atoms with Gasteiger partial charge in [0, 0.05) is 12.3 Å². The van der Waals surface area contributed by atoms with E-state index in [1.807, 2.05) is 24.3 Å². The third-order valence-electron chi connectivity index (χ3n) is 3.20. The lowest BCUT2D eigenvalue weighted by molar-refractivity contribution is -0.147. The number of aromatic nitrogens is 1. The molecule has 5 nitrogen and oxygen atoms in total. The van der Waals surface area contributed by atoms with Gasteiger partial charge in [-0.05, 0) is 31.3 Å². The van der Waals surface area contributed by atoms with Gasteiger partial charge in [0.05, 0.1) is 10.2 Å². The molecule has 0 amide bonds. The standard InChI is InChI=1S/C14H13N3O2S2/c1-8-9(6-15-14(20)16-8)13(18)19-7-12-17-10-4-2-3-5-11(10)21-12/h2-5,9H,6-7H2,1H3,(H,15,20). The van der Waals surface area contributed by atoms with Crippen LogP contribution in [0.3, 0.4) is 0 Å². The Bertz CT molecular complexity index is 706. The Kier molecular flexibility index (Phi) is 3.94. The van der Waals surface area contributed by atoms with E-state index in [1.54, 1.807) is 6.92 Å². The van der Waals surface area contributed by atoms with E-state index in [4.69, 9.17) is 17.0 Å². The van der Waals surface area contributed by atoms with E-state index in [2.05, 4.69) is 15.3 Å². The van der Waals surface area contributed by atoms with Crippen molar-refractivity contribution in [3.05, 3.63) is 29.3 Å². The Hall–Kier alpha value is -1.86. The lowest BCUT2D eigenvalue weighted by Crippen LogP contribution is -2.41. The lowest BCUT2D eigenvalue weighted by atomic mass is 10.0. The molecule has 1 N–H and O–H groups in total. The van der Waals surface area contributed by atoms with Crippen LogP contribution in [-0.4, -0.2) is 28.3 Å². The van der Waals surface area contributed by atoms with Crippen LogP contribution < -0.4 is 5.32 Å². The van der Waals surface area contributed by atoms with Crippen LogP contribution in [0.25, 0.3) is 10.2 Å². The minimum absolute atomic E-state index is 0.187. The molecule has 0 fully saturated rings. The molecule has 7 heteroatoms. The Morgan fingerprint density at radius 1 is 1.52 bits per heavy atom. The number of para-hydroxylation sites is 1. The van der Waals surface area contributed by atoms with E-state index in [0.717, 1.165) is 15.2 Å². The van der Waals surface area contributed by atoms with Gasteiger partial charge in [0.15, 0.2) is 5.11 Å². The van der Waals surface area contributed by atoms with Gasteiger partial charge < -0.3 is 10.1 Å². The molecular formula is C14H13N3O2S2. The number of hydrogen-bond donors (Lipinski definition) is 1. The van der Waals surface area contributed by atoms with Crippen LogP contribution in [0.2, 0.25) is 0 Å². The molecule has 1 unspecified atom stereocenters. The number of nitrogens with one attached hydrogen (secondary N) is 1. The fraction of sp³-hybridized carbons (Fsp3) is 0.286. The van der Waals surface area contributed by atoms with E-state index in [-0.39, 0.29) is 18.5 Å². The van der Waals surface area contributed by atoms with Crippen molar-refractivity contribution in [2.75, 3.05) is 6.54 Å². The maximum absolute atomic E-state index is 12.1. The summed E-state index contributed by atoms with van der Waals surface area (Å²) in [5.41, 5.74) is 1.61. The first-order valence-corrected chi connectivity index (χ1v) is 7.70. The summed E-state index contributed by atoms with van der Waals surface area (Å²) in [5, 5.41) is 4.10. The predicted octanol–water partition coefficient (Wildman–Crippen LogP) is 2.30. The number of carbonyl (C=O) groups is 1. The minimum atomic E-state index is -0.383. The number of esters is 1. The number of fused-ring (bicyclic) bond motifs is 1. The van der Waals surface area contributed by atoms with Gasteiger partial charge in [-0.25, -0.2) is 9.98 Å². The largest absolute Gasteiger partial charge is 0.458 e. The third kappa shape index (κ3) is 3.08. The molecule has 21 heavy (non-hydrogen) atoms. The molecule has 1 aliphatic rings. The van der Waals surface area contributed by atoms with Gasteiger partial charge in [0.2, 0.25) is 0 Å². The zero-order valence-electron chi connectivity index (χ0n) is 11.3. The van der Waals surface area contributed by atoms with Gasteiger partial charge in [-0.3, -0.25) is 4.79 Å². The van der Waals surface area contributed by atoms with Gasteiger partial charge in [-0.2, -0.15) is 0 Å². The molecule has 3 rings (SSSR count). The highest BCUT2D eigenvalue weighted by atomic mass is 32.1. The monoisotopic (exact) mass is 319 g/mol. The third-order valence-corrected chi connectivity index (χ3v) is 4.45. The number of carbonyl (C=O) groups excluding carboxylic acids is 1. The Balaban J connectivity index is 1.66. The average molecular weight is 319 g/mol. The molecule has 108 valence electrons. The van der Waals surface area contributed by atoms with Crippen LogP contribution in [0.15, 0.2) is 29.3 Å². The molecule has 2 heterocycles. The normalized spacial score (nSPS) is 18.2. The summed E-state index contributed by atoms with van der Waals surface area (Å²) in [6.07, 6.45) is 0. The number of thiazole rings is 1. The fourth-order valence-corrected chi connectivity index (χ4v) is 3.19. The number of rotatable bonds is 3. The number of thiocarbonyl (C=S) groups is 1. The maximum Gasteiger partial charge on any atom is 0.316 e. The first kappa shape index (κ1) is 14.1. The molecule has 1 atom stereocenters. The summed E-state index contributed by atoms with van der Waals surface area (Å²) in [4.78, 5) is 20.6. The van der Waals surface area contributed by atoms with Crippen LogP contribution in [0.4, 0.5) is 0 Å². The van der Waals surface area contributed by atoms with Crippen molar-refractivity contribution in [3.8, 4) is 0 Å². The smallest absolute Gasteiger partial charge is 0.316 e. The van der Waals surface area contributed by atoms with Crippen molar-refractivity contribution in [2.45, 2.75) is 13.5 Å². The summed E-state index contributed by atoms with van der Waals surface area (Å²) in [6, 6.07) is 7.85. The van der Waals surface area contributed by atoms with Crippen LogP contribution in [-0.2, 0) is 16.1 Å². The first-order valence-electron chi connectivity index (χ1n) is 6.47. The molecule has 0 aliphatic carbocycles. The Labute approximate surface area is 131 Å². The topological polar surface area (TPSA) is 63.6 Å². The minimum Gasteiger partial charge on any atom is -0.458 e. The van der Waals surface area contributed by atoms with Crippen molar-refractivity contribution in [1.82, 2.24) is 10.3 Å². The number of ether oxygens (including phenoxy) is 1. The molecular weight excluding hydrogens is 306 g/mol. The zero-order chi connectivity index (χ0) is 14.8. The van der Waals surface area contributed by atoms with Crippen molar-refractivity contribution in [2.24, 2.45) is 10.9 Å². The van der Waals surface area contributed by atoms with E-state index in [9.17, 15) is 4.79 Å². The van der Waals surface area contributed by atoms with Crippen LogP contribution in [0.5, 0.6) is 0 Å². The second kappa shape index (κ2) is 5.87. The highest BCUT2D eigenvalue weighted by molar-refractivity contribution is 7.80. The zero-order valence-corrected chi connectivity index (χ0v) is 13.0. The fourth-order valence-electron chi connectivity index (χ4n) is 2.08. The SMILES string of the molecule is CC1=NC(=S)NCC1C(=O)OCc1nc2ccccc2s1. The van der Waals surface area contributed by atoms with Crippen LogP contribution >= 0.6 is 23.6 Å². The van der Waals surface area contributed by atoms with Gasteiger partial charge in [0.1, 0.15) is 17.5 Å². The molecule has 0 saturated carbocycles. The van der Waals surface area contributed by atoms with Crippen LogP contribution in [0.1, 0.15) is 11.9 Å². The molecule has 1 aromatic carbocycles. The molecule has 0 spiro atoms. The molecule has 1 aromatic heterocycles. The molecule has 1 aliphatic heterocycles. The van der Waals surface area contributed by atoms with Gasteiger partial charge in [-0.15, -0.1) is 11.3 Å². The second-order valence-corrected chi connectivity index (χ2v) is 6.18. The van der Waals surface area contributed by atoms with Crippen molar-refractivity contribution in [3.63, 3.8) is 0 Å². The van der Waals surface area contributed by atoms with Crippen molar-refractivity contribution >= 4 is 50.6 Å². The Morgan fingerprint density at radius 3 is 3.10 bits per heavy atom. The lowest BCUT2D eigenvalue weighted by Gasteiger charge is -2.20. The Morgan fingerprint density at radius 2 is 2.33 bits per heavy atom. The summed E-state index contributed by atoms with van der Waals surface area (Å²) in [6.45, 7) is 2.41. The number of nitrogens with zero attached hydrogens (tertiary/aromatic N) is 2. The molecule has 0 bridgehead atoms. The van der Waals surface area contributed by atoms with E-state index >= 15 is 0 Å². The summed E-state index contributed by atoms with van der Waals surface area (Å²) in [5.74, 6) is -0.684. The molecule has 2 aromatic rings. The summed E-state index contributed by atoms with van der Waals surface area (Å²) < 4.78 is 6.44. The highest BCUT2D eigenvalue weighted by Crippen LogP contribution is 2.22. The summed E-state index contributed by atoms with van der Waals surface area (Å²) in [7, 11) is 0. The number of benzene rings is 1. The quantitative estimate of drug-likeness (QED) is 0.695. The van der Waals surface area contributed by atoms with E-state index < -0.39 is 0 Å². The van der Waals surface area contributed by atoms with Crippen molar-refractivity contribution in [1.29, 1.82) is 0 Å². The maximum atomic E-state index is 12.1. The molecule has 0 saturated heterocycles. The van der Waals surface area contributed by atoms with E-state index in [1.165, 1.54) is 11.3 Å².